The van der Waals surface area contributed by atoms with Crippen LogP contribution in [-0.4, -0.2) is 44.0 Å². The van der Waals surface area contributed by atoms with E-state index < -0.39 is 0 Å². The Balaban J connectivity index is 1.51. The summed E-state index contributed by atoms with van der Waals surface area (Å²) >= 11 is 0. The van der Waals surface area contributed by atoms with Crippen LogP contribution in [0, 0.1) is 5.92 Å². The van der Waals surface area contributed by atoms with Crippen LogP contribution in [-0.2, 0) is 0 Å². The van der Waals surface area contributed by atoms with Gasteiger partial charge in [-0.05, 0) is 50.4 Å². The minimum Gasteiger partial charge on any atom is -0.341 e. The lowest BCUT2D eigenvalue weighted by Gasteiger charge is -2.22. The highest BCUT2D eigenvalue weighted by Gasteiger charge is 2.23. The van der Waals surface area contributed by atoms with E-state index in [0.717, 1.165) is 49.2 Å². The number of hydrogen-bond donors (Lipinski definition) is 3. The van der Waals surface area contributed by atoms with Crippen LogP contribution in [0.3, 0.4) is 0 Å². The number of carbonyl (C=O) groups is 1. The first-order valence-electron chi connectivity index (χ1n) is 9.98. The number of benzene rings is 1. The van der Waals surface area contributed by atoms with Crippen LogP contribution in [0.15, 0.2) is 30.5 Å². The molecule has 1 aliphatic heterocycles. The first-order valence-corrected chi connectivity index (χ1v) is 9.98. The molecule has 8 heteroatoms. The Bertz CT molecular complexity index is 906. The highest BCUT2D eigenvalue weighted by Crippen LogP contribution is 2.23. The van der Waals surface area contributed by atoms with Crippen molar-refractivity contribution < 1.29 is 4.79 Å². The van der Waals surface area contributed by atoms with E-state index in [1.165, 1.54) is 0 Å². The van der Waals surface area contributed by atoms with Crippen molar-refractivity contribution in [1.82, 2.24) is 35.6 Å². The molecule has 1 aliphatic rings. The Morgan fingerprint density at radius 2 is 2.07 bits per heavy atom. The van der Waals surface area contributed by atoms with E-state index in [-0.39, 0.29) is 11.9 Å². The number of aromatic nitrogens is 5. The van der Waals surface area contributed by atoms with Crippen LogP contribution >= 0.6 is 0 Å². The molecule has 148 valence electrons. The molecule has 3 aromatic rings. The van der Waals surface area contributed by atoms with Gasteiger partial charge in [0.25, 0.3) is 5.91 Å². The maximum Gasteiger partial charge on any atom is 0.274 e. The van der Waals surface area contributed by atoms with Crippen LogP contribution in [0.5, 0.6) is 0 Å². The highest BCUT2D eigenvalue weighted by molar-refractivity contribution is 5.92. The van der Waals surface area contributed by atoms with Crippen LogP contribution in [0.4, 0.5) is 0 Å². The molecule has 1 amide bonds. The lowest BCUT2D eigenvalue weighted by molar-refractivity contribution is 0.0925. The summed E-state index contributed by atoms with van der Waals surface area (Å²) in [7, 11) is 0. The van der Waals surface area contributed by atoms with Gasteiger partial charge in [-0.15, -0.1) is 5.10 Å². The van der Waals surface area contributed by atoms with Gasteiger partial charge in [0.2, 0.25) is 0 Å². The summed E-state index contributed by atoms with van der Waals surface area (Å²) in [5.74, 6) is 0.962. The average Bonchev–Trinajstić information content (AvgIpc) is 3.35. The van der Waals surface area contributed by atoms with E-state index in [4.69, 9.17) is 0 Å². The maximum atomic E-state index is 12.8. The number of fused-ring (bicyclic) bond motifs is 1. The van der Waals surface area contributed by atoms with Gasteiger partial charge in [0.1, 0.15) is 5.82 Å². The van der Waals surface area contributed by atoms with Gasteiger partial charge >= 0.3 is 0 Å². The Labute approximate surface area is 164 Å². The molecule has 0 spiro atoms. The number of amides is 1. The van der Waals surface area contributed by atoms with Crippen molar-refractivity contribution in [2.75, 3.05) is 13.1 Å². The minimum absolute atomic E-state index is 0.205. The van der Waals surface area contributed by atoms with Gasteiger partial charge < -0.3 is 15.6 Å². The smallest absolute Gasteiger partial charge is 0.274 e. The summed E-state index contributed by atoms with van der Waals surface area (Å²) in [5, 5.41) is 14.7. The number of imidazole rings is 1. The fourth-order valence-corrected chi connectivity index (χ4v) is 3.71. The molecule has 1 fully saturated rings. The number of aromatic amines is 1. The number of carbonyl (C=O) groups excluding carboxylic acids is 1. The topological polar surface area (TPSA) is 101 Å². The lowest BCUT2D eigenvalue weighted by Crippen LogP contribution is -2.31. The van der Waals surface area contributed by atoms with Crippen LogP contribution in [0.25, 0.3) is 11.0 Å². The monoisotopic (exact) mass is 381 g/mol. The Morgan fingerprint density at radius 1 is 1.29 bits per heavy atom. The molecule has 28 heavy (non-hydrogen) atoms. The fourth-order valence-electron chi connectivity index (χ4n) is 3.71. The summed E-state index contributed by atoms with van der Waals surface area (Å²) < 4.78 is 1.83. The number of rotatable bonds is 6. The molecular weight excluding hydrogens is 354 g/mol. The molecule has 8 nitrogen and oxygen atoms in total. The van der Waals surface area contributed by atoms with Crippen molar-refractivity contribution >= 4 is 16.9 Å². The molecule has 1 unspecified atom stereocenters. The Morgan fingerprint density at radius 3 is 2.82 bits per heavy atom. The quantitative estimate of drug-likeness (QED) is 0.609. The molecule has 3 N–H and O–H groups in total. The van der Waals surface area contributed by atoms with E-state index in [1.54, 1.807) is 6.20 Å². The van der Waals surface area contributed by atoms with Gasteiger partial charge in [0, 0.05) is 0 Å². The maximum absolute atomic E-state index is 12.8. The highest BCUT2D eigenvalue weighted by atomic mass is 16.2. The number of nitrogens with zero attached hydrogens (tertiary/aromatic N) is 4. The van der Waals surface area contributed by atoms with Crippen molar-refractivity contribution in [3.63, 3.8) is 0 Å². The van der Waals surface area contributed by atoms with E-state index >= 15 is 0 Å². The zero-order chi connectivity index (χ0) is 19.5. The number of piperidine rings is 1. The summed E-state index contributed by atoms with van der Waals surface area (Å²) in [5.41, 5.74) is 2.22. The second kappa shape index (κ2) is 8.10. The average molecular weight is 381 g/mol. The first kappa shape index (κ1) is 18.6. The van der Waals surface area contributed by atoms with Crippen LogP contribution < -0.4 is 10.6 Å². The lowest BCUT2D eigenvalue weighted by atomic mass is 10.0. The van der Waals surface area contributed by atoms with Crippen molar-refractivity contribution in [2.45, 2.75) is 45.2 Å². The van der Waals surface area contributed by atoms with Gasteiger partial charge in [0.05, 0.1) is 29.3 Å². The molecule has 0 bridgehead atoms. The normalized spacial score (nSPS) is 16.5. The summed E-state index contributed by atoms with van der Waals surface area (Å²) in [6, 6.07) is 7.99. The summed E-state index contributed by atoms with van der Waals surface area (Å²) in [6.45, 7) is 6.20. The first-order chi connectivity index (χ1) is 13.6. The third kappa shape index (κ3) is 4.06. The molecule has 0 aliphatic carbocycles. The number of hydrogen-bond acceptors (Lipinski definition) is 5. The predicted molar refractivity (Wildman–Crippen MR) is 107 cm³/mol. The largest absolute Gasteiger partial charge is 0.341 e. The molecule has 1 saturated heterocycles. The summed E-state index contributed by atoms with van der Waals surface area (Å²) in [4.78, 5) is 20.9. The second-order valence-corrected chi connectivity index (χ2v) is 7.86. The van der Waals surface area contributed by atoms with Crippen LogP contribution in [0.1, 0.15) is 61.5 Å². The van der Waals surface area contributed by atoms with Gasteiger partial charge in [-0.3, -0.25) is 4.79 Å². The molecule has 0 radical (unpaired) electrons. The van der Waals surface area contributed by atoms with E-state index in [1.807, 2.05) is 28.9 Å². The zero-order valence-electron chi connectivity index (χ0n) is 16.4. The summed E-state index contributed by atoms with van der Waals surface area (Å²) in [6.07, 6.45) is 4.54. The van der Waals surface area contributed by atoms with Crippen LogP contribution in [0.2, 0.25) is 0 Å². The molecule has 3 heterocycles. The van der Waals surface area contributed by atoms with E-state index in [2.05, 4.69) is 44.8 Å². The van der Waals surface area contributed by atoms with E-state index in [0.29, 0.717) is 17.7 Å². The van der Waals surface area contributed by atoms with Gasteiger partial charge in [0.15, 0.2) is 5.69 Å². The number of nitrogens with one attached hydrogen (secondary N) is 3. The number of H-pyrrole nitrogens is 1. The fraction of sp³-hybridized carbons (Fsp3) is 0.500. The predicted octanol–water partition coefficient (Wildman–Crippen LogP) is 2.60. The molecule has 4 rings (SSSR count). The third-order valence-corrected chi connectivity index (χ3v) is 5.18. The number of para-hydroxylation sites is 2. The molecule has 2 aromatic heterocycles. The molecule has 1 atom stereocenters. The van der Waals surface area contributed by atoms with Crippen molar-refractivity contribution in [3.8, 4) is 0 Å². The molecule has 1 aromatic carbocycles. The second-order valence-electron chi connectivity index (χ2n) is 7.86. The van der Waals surface area contributed by atoms with Crippen molar-refractivity contribution in [3.05, 3.63) is 42.0 Å². The zero-order valence-corrected chi connectivity index (χ0v) is 16.4. The molecule has 0 saturated carbocycles. The van der Waals surface area contributed by atoms with Gasteiger partial charge in [-0.1, -0.05) is 31.2 Å². The third-order valence-electron chi connectivity index (χ3n) is 5.18. The minimum atomic E-state index is -0.216. The SMILES string of the molecule is CC(C)CC(NC(=O)c1cn(C2CCNCC2)nn1)c1nc2ccccc2[nH]1. The van der Waals surface area contributed by atoms with Crippen molar-refractivity contribution in [2.24, 2.45) is 5.92 Å². The Kier molecular flexibility index (Phi) is 5.38. The Hall–Kier alpha value is -2.74. The molecular formula is C20H27N7O. The van der Waals surface area contributed by atoms with Crippen molar-refractivity contribution in [1.29, 1.82) is 0 Å². The van der Waals surface area contributed by atoms with Gasteiger partial charge in [-0.25, -0.2) is 9.67 Å². The van der Waals surface area contributed by atoms with Gasteiger partial charge in [-0.2, -0.15) is 0 Å². The van der Waals surface area contributed by atoms with E-state index in [9.17, 15) is 4.79 Å². The standard InChI is InChI=1S/C20H27N7O/c1-13(2)11-17(19-22-15-5-3-4-6-16(15)23-19)24-20(28)18-12-27(26-25-18)14-7-9-21-10-8-14/h3-6,12-14,17,21H,7-11H2,1-2H3,(H,22,23)(H,24,28).